The van der Waals surface area contributed by atoms with Gasteiger partial charge in [0.1, 0.15) is 11.0 Å². The van der Waals surface area contributed by atoms with Crippen LogP contribution in [0.2, 0.25) is 36.3 Å². The smallest absolute Gasteiger partial charge is 0.330 e. The monoisotopic (exact) mass is 530 g/mol. The van der Waals surface area contributed by atoms with Gasteiger partial charge in [-0.15, -0.1) is 11.6 Å². The van der Waals surface area contributed by atoms with Crippen LogP contribution in [-0.2, 0) is 13.6 Å². The predicted octanol–water partition coefficient (Wildman–Crippen LogP) is 5.23. The molecule has 194 valence electrons. The highest BCUT2D eigenvalue weighted by atomic mass is 35.5. The van der Waals surface area contributed by atoms with Crippen LogP contribution < -0.4 is 11.2 Å². The minimum absolute atomic E-state index is 0.0217. The second kappa shape index (κ2) is 8.99. The fourth-order valence-electron chi connectivity index (χ4n) is 3.92. The van der Waals surface area contributed by atoms with Crippen LogP contribution in [0.15, 0.2) is 21.9 Å². The van der Waals surface area contributed by atoms with Crippen molar-refractivity contribution in [1.82, 2.24) is 9.55 Å². The van der Waals surface area contributed by atoms with Gasteiger partial charge >= 0.3 is 5.69 Å². The lowest BCUT2D eigenvalue weighted by Crippen LogP contribution is -2.57. The molecule has 1 aliphatic carbocycles. The Morgan fingerprint density at radius 2 is 1.65 bits per heavy atom. The van der Waals surface area contributed by atoms with Crippen LogP contribution in [0.1, 0.15) is 60.6 Å². The maximum Gasteiger partial charge on any atom is 0.330 e. The van der Waals surface area contributed by atoms with E-state index in [1.807, 2.05) is 0 Å². The summed E-state index contributed by atoms with van der Waals surface area (Å²) in [6.45, 7) is 22.5. The van der Waals surface area contributed by atoms with Gasteiger partial charge in [-0.2, -0.15) is 0 Å². The summed E-state index contributed by atoms with van der Waals surface area (Å²) < 4.78 is 21.9. The number of hydrogen-bond acceptors (Lipinski definition) is 5. The molecular formula is C24H43ClN2O5Si2. The zero-order valence-electron chi connectivity index (χ0n) is 22.5. The quantitative estimate of drug-likeness (QED) is 0.385. The molecule has 0 radical (unpaired) electrons. The minimum Gasteiger partial charge on any atom is -0.414 e. The third-order valence-electron chi connectivity index (χ3n) is 8.47. The van der Waals surface area contributed by atoms with Crippen molar-refractivity contribution in [3.8, 4) is 0 Å². The molecule has 1 aromatic rings. The second-order valence-corrected chi connectivity index (χ2v) is 23.1. The van der Waals surface area contributed by atoms with Crippen molar-refractivity contribution in [2.75, 3.05) is 6.61 Å². The zero-order chi connectivity index (χ0) is 25.9. The van der Waals surface area contributed by atoms with Crippen LogP contribution in [-0.4, -0.2) is 49.9 Å². The average Bonchev–Trinajstić information content (AvgIpc) is 3.47. The van der Waals surface area contributed by atoms with Gasteiger partial charge in [-0.25, -0.2) is 4.79 Å². The van der Waals surface area contributed by atoms with E-state index >= 15 is 0 Å². The predicted molar refractivity (Wildman–Crippen MR) is 142 cm³/mol. The summed E-state index contributed by atoms with van der Waals surface area (Å²) in [5, 5.41) is -0.588. The van der Waals surface area contributed by atoms with Crippen molar-refractivity contribution in [3.63, 3.8) is 0 Å². The number of aromatic nitrogens is 2. The van der Waals surface area contributed by atoms with Crippen LogP contribution in [0.5, 0.6) is 0 Å². The van der Waals surface area contributed by atoms with E-state index in [-0.39, 0.29) is 16.0 Å². The number of ether oxygens (including phenoxy) is 1. The van der Waals surface area contributed by atoms with Gasteiger partial charge in [0.2, 0.25) is 0 Å². The molecule has 1 aliphatic heterocycles. The van der Waals surface area contributed by atoms with Crippen molar-refractivity contribution in [3.05, 3.63) is 33.1 Å². The normalized spacial score (nSPS) is 29.0. The summed E-state index contributed by atoms with van der Waals surface area (Å²) in [4.78, 5) is 26.7. The maximum atomic E-state index is 12.7. The van der Waals surface area contributed by atoms with Gasteiger partial charge in [-0.3, -0.25) is 14.3 Å². The van der Waals surface area contributed by atoms with Gasteiger partial charge in [0.05, 0.1) is 12.7 Å². The van der Waals surface area contributed by atoms with Crippen LogP contribution in [0.25, 0.3) is 0 Å². The fourth-order valence-corrected chi connectivity index (χ4v) is 6.79. The number of halogens is 1. The van der Waals surface area contributed by atoms with Crippen LogP contribution >= 0.6 is 11.6 Å². The standard InChI is InChI=1S/C24H43ClN2O5Si2/c1-22(2,3)33(7,8)30-15-24(16-11-12-16)19(32-34(9,10)23(4,5)6)18(25)20(31-24)27-14-13-17(28)26-21(27)29/h13-14,16,18-20H,11-12,15H2,1-10H3,(H,26,28,29)/t18-,19?,20-,24+/m1/s1. The first-order valence-corrected chi connectivity index (χ1v) is 18.5. The molecule has 0 aromatic carbocycles. The fraction of sp³-hybridized carbons (Fsp3) is 0.833. The van der Waals surface area contributed by atoms with E-state index in [0.29, 0.717) is 6.61 Å². The molecule has 2 fully saturated rings. The Balaban J connectivity index is 2.07. The summed E-state index contributed by atoms with van der Waals surface area (Å²) in [7, 11) is -4.32. The zero-order valence-corrected chi connectivity index (χ0v) is 25.2. The molecule has 1 N–H and O–H groups in total. The number of nitrogens with one attached hydrogen (secondary N) is 1. The number of aromatic amines is 1. The van der Waals surface area contributed by atoms with E-state index in [1.54, 1.807) is 0 Å². The Bertz CT molecular complexity index is 1010. The third-order valence-corrected chi connectivity index (χ3v) is 17.8. The summed E-state index contributed by atoms with van der Waals surface area (Å²) in [5.74, 6) is 0.247. The maximum absolute atomic E-state index is 12.7. The van der Waals surface area contributed by atoms with E-state index in [1.165, 1.54) is 16.8 Å². The van der Waals surface area contributed by atoms with Gasteiger partial charge in [-0.1, -0.05) is 41.5 Å². The molecule has 1 unspecified atom stereocenters. The number of hydrogen-bond donors (Lipinski definition) is 1. The first-order chi connectivity index (χ1) is 15.3. The molecule has 1 saturated carbocycles. The van der Waals surface area contributed by atoms with Gasteiger partial charge in [-0.05, 0) is 55.0 Å². The summed E-state index contributed by atoms with van der Waals surface area (Å²) in [5.41, 5.74) is -1.74. The average molecular weight is 531 g/mol. The Morgan fingerprint density at radius 1 is 1.09 bits per heavy atom. The van der Waals surface area contributed by atoms with Crippen molar-refractivity contribution in [1.29, 1.82) is 0 Å². The lowest BCUT2D eigenvalue weighted by molar-refractivity contribution is -0.135. The number of nitrogens with zero attached hydrogens (tertiary/aromatic N) is 1. The Kier molecular flexibility index (Phi) is 7.37. The van der Waals surface area contributed by atoms with Crippen molar-refractivity contribution in [2.45, 2.75) is 114 Å². The third kappa shape index (κ3) is 5.20. The first-order valence-electron chi connectivity index (χ1n) is 12.3. The lowest BCUT2D eigenvalue weighted by atomic mass is 9.92. The summed E-state index contributed by atoms with van der Waals surface area (Å²) in [6, 6.07) is 1.32. The summed E-state index contributed by atoms with van der Waals surface area (Å²) >= 11 is 7.12. The van der Waals surface area contributed by atoms with Gasteiger partial charge in [0.15, 0.2) is 22.9 Å². The molecule has 7 nitrogen and oxygen atoms in total. The van der Waals surface area contributed by atoms with Gasteiger partial charge in [0, 0.05) is 12.3 Å². The van der Waals surface area contributed by atoms with Crippen LogP contribution in [0.4, 0.5) is 0 Å². The summed E-state index contributed by atoms with van der Waals surface area (Å²) in [6.07, 6.45) is 2.28. The number of rotatable bonds is 7. The van der Waals surface area contributed by atoms with E-state index in [0.717, 1.165) is 12.8 Å². The highest BCUT2D eigenvalue weighted by Gasteiger charge is 2.64. The van der Waals surface area contributed by atoms with E-state index in [9.17, 15) is 9.59 Å². The number of alkyl halides is 1. The van der Waals surface area contributed by atoms with Crippen molar-refractivity contribution < 1.29 is 13.6 Å². The molecule has 0 bridgehead atoms. The molecule has 2 heterocycles. The molecule has 4 atom stereocenters. The molecule has 10 heteroatoms. The molecule has 2 aliphatic rings. The van der Waals surface area contributed by atoms with Crippen LogP contribution in [0.3, 0.4) is 0 Å². The van der Waals surface area contributed by atoms with Gasteiger partial charge < -0.3 is 13.6 Å². The van der Waals surface area contributed by atoms with Crippen molar-refractivity contribution in [2.24, 2.45) is 5.92 Å². The molecular weight excluding hydrogens is 488 g/mol. The number of H-pyrrole nitrogens is 1. The highest BCUT2D eigenvalue weighted by molar-refractivity contribution is 6.74. The van der Waals surface area contributed by atoms with E-state index in [4.69, 9.17) is 25.2 Å². The SMILES string of the molecule is CC(C)(C)[Si](C)(C)OC[C@@]1(C2CC2)O[C@@H](n2ccc(=O)[nH]c2=O)[C@H](Cl)C1O[Si](C)(C)C(C)(C)C. The van der Waals surface area contributed by atoms with Gasteiger partial charge in [0.25, 0.3) is 5.56 Å². The largest absolute Gasteiger partial charge is 0.414 e. The van der Waals surface area contributed by atoms with Crippen molar-refractivity contribution >= 4 is 28.2 Å². The molecule has 1 saturated heterocycles. The molecule has 0 amide bonds. The lowest BCUT2D eigenvalue weighted by Gasteiger charge is -2.45. The highest BCUT2D eigenvalue weighted by Crippen LogP contribution is 2.56. The topological polar surface area (TPSA) is 82.5 Å². The molecule has 1 aromatic heterocycles. The van der Waals surface area contributed by atoms with Crippen LogP contribution in [0, 0.1) is 5.92 Å². The van der Waals surface area contributed by atoms with E-state index in [2.05, 4.69) is 72.7 Å². The Labute approximate surface area is 210 Å². The Hall–Kier alpha value is -0.716. The van der Waals surface area contributed by atoms with E-state index < -0.39 is 51.2 Å². The molecule has 0 spiro atoms. The minimum atomic E-state index is -2.24. The molecule has 34 heavy (non-hydrogen) atoms. The second-order valence-electron chi connectivity index (χ2n) is 13.0. The first kappa shape index (κ1) is 27.9. The Morgan fingerprint density at radius 3 is 2.12 bits per heavy atom. The molecule has 3 rings (SSSR count).